The Bertz CT molecular complexity index is 1020. The number of hydrogen-bond donors (Lipinski definition) is 3. The number of anilines is 1. The van der Waals surface area contributed by atoms with E-state index in [0.29, 0.717) is 17.9 Å². The summed E-state index contributed by atoms with van der Waals surface area (Å²) in [6, 6.07) is -0.983. The molecular formula is C18H18N5NaO6S2. The van der Waals surface area contributed by atoms with Gasteiger partial charge in [-0.15, -0.1) is 23.1 Å². The van der Waals surface area contributed by atoms with Crippen LogP contribution in [0.4, 0.5) is 5.13 Å². The number of carbonyl (C=O) groups excluding carboxylic acids is 3. The average molecular weight is 487 g/mol. The average Bonchev–Trinajstić information content (AvgIpc) is 3.42. The number of nitrogens with two attached hydrogens (primary N) is 1. The second kappa shape index (κ2) is 10.4. The molecule has 2 amide bonds. The summed E-state index contributed by atoms with van der Waals surface area (Å²) in [5.41, 5.74) is 5.45. The SMILES string of the molecule is Nc1nc(/C(=N/O)C(=O)N[C@@H]2C(=O)N3C(C(=O)[O-])=C(/C=C/C4CCCO4)CS[C@@H]23)cs1.[Na+]. The van der Waals surface area contributed by atoms with Crippen molar-refractivity contribution in [1.82, 2.24) is 15.2 Å². The van der Waals surface area contributed by atoms with Crippen LogP contribution in [-0.4, -0.2) is 68.5 Å². The molecule has 0 aromatic carbocycles. The summed E-state index contributed by atoms with van der Waals surface area (Å²) >= 11 is 2.37. The third kappa shape index (κ3) is 4.72. The van der Waals surface area contributed by atoms with Gasteiger partial charge in [0.05, 0.1) is 17.8 Å². The zero-order chi connectivity index (χ0) is 22.1. The van der Waals surface area contributed by atoms with Crippen LogP contribution in [0.3, 0.4) is 0 Å². The molecule has 4 N–H and O–H groups in total. The van der Waals surface area contributed by atoms with E-state index in [1.807, 2.05) is 0 Å². The summed E-state index contributed by atoms with van der Waals surface area (Å²) in [7, 11) is 0. The minimum absolute atomic E-state index is 0. The number of allylic oxidation sites excluding steroid dienone is 1. The molecule has 3 aliphatic rings. The molecule has 1 aromatic heterocycles. The van der Waals surface area contributed by atoms with Crippen LogP contribution in [-0.2, 0) is 19.1 Å². The molecule has 1 unspecified atom stereocenters. The van der Waals surface area contributed by atoms with Gasteiger partial charge in [-0.25, -0.2) is 4.98 Å². The number of carboxylic acids is 1. The number of carbonyl (C=O) groups is 3. The van der Waals surface area contributed by atoms with Gasteiger partial charge in [-0.1, -0.05) is 17.3 Å². The van der Waals surface area contributed by atoms with Gasteiger partial charge in [0.1, 0.15) is 17.1 Å². The Hall–Kier alpha value is -1.90. The first kappa shape index (κ1) is 24.7. The normalized spacial score (nSPS) is 25.4. The molecule has 3 atom stereocenters. The molecule has 32 heavy (non-hydrogen) atoms. The maximum Gasteiger partial charge on any atom is 1.00 e. The Kier molecular flexibility index (Phi) is 8.01. The van der Waals surface area contributed by atoms with Gasteiger partial charge in [-0.3, -0.25) is 14.5 Å². The number of aromatic nitrogens is 1. The van der Waals surface area contributed by atoms with E-state index in [2.05, 4.69) is 15.5 Å². The third-order valence-electron chi connectivity index (χ3n) is 5.03. The van der Waals surface area contributed by atoms with Crippen LogP contribution in [0.1, 0.15) is 18.5 Å². The molecule has 14 heteroatoms. The van der Waals surface area contributed by atoms with Gasteiger partial charge in [0.15, 0.2) is 10.8 Å². The van der Waals surface area contributed by atoms with Gasteiger partial charge in [-0.05, 0) is 18.4 Å². The summed E-state index contributed by atoms with van der Waals surface area (Å²) in [6.45, 7) is 0.664. The number of oxime groups is 1. The number of fused-ring (bicyclic) bond motifs is 1. The molecule has 0 radical (unpaired) electrons. The number of nitrogens with one attached hydrogen (secondary N) is 1. The van der Waals surface area contributed by atoms with Gasteiger partial charge in [0.2, 0.25) is 0 Å². The number of nitrogen functional groups attached to an aromatic ring is 1. The number of thiazole rings is 1. The van der Waals surface area contributed by atoms with Gasteiger partial charge in [-0.2, -0.15) is 0 Å². The molecule has 0 spiro atoms. The summed E-state index contributed by atoms with van der Waals surface area (Å²) in [6.07, 6.45) is 5.17. The largest absolute Gasteiger partial charge is 1.00 e. The van der Waals surface area contributed by atoms with E-state index in [1.54, 1.807) is 12.2 Å². The number of ether oxygens (including phenoxy) is 1. The molecule has 0 saturated carbocycles. The maximum atomic E-state index is 12.7. The molecule has 11 nitrogen and oxygen atoms in total. The van der Waals surface area contributed by atoms with Crippen LogP contribution in [0.15, 0.2) is 34.0 Å². The monoisotopic (exact) mass is 487 g/mol. The van der Waals surface area contributed by atoms with E-state index >= 15 is 0 Å². The number of β-lactam (4-membered cyclic amide) rings is 1. The first-order chi connectivity index (χ1) is 14.9. The summed E-state index contributed by atoms with van der Waals surface area (Å²) in [5, 5.41) is 27.4. The van der Waals surface area contributed by atoms with Gasteiger partial charge in [0, 0.05) is 17.7 Å². The molecule has 4 heterocycles. The number of hydrogen-bond acceptors (Lipinski definition) is 11. The first-order valence-electron chi connectivity index (χ1n) is 9.34. The number of thioether (sulfide) groups is 1. The van der Waals surface area contributed by atoms with E-state index in [0.717, 1.165) is 29.1 Å². The molecule has 3 aliphatic heterocycles. The summed E-state index contributed by atoms with van der Waals surface area (Å²) < 4.78 is 5.50. The number of nitrogens with zero attached hydrogens (tertiary/aromatic N) is 3. The molecule has 4 rings (SSSR count). The van der Waals surface area contributed by atoms with Gasteiger partial charge >= 0.3 is 29.6 Å². The van der Waals surface area contributed by atoms with Crippen LogP contribution in [0.25, 0.3) is 0 Å². The van der Waals surface area contributed by atoms with Crippen LogP contribution in [0.2, 0.25) is 0 Å². The van der Waals surface area contributed by atoms with E-state index in [-0.39, 0.29) is 52.2 Å². The van der Waals surface area contributed by atoms with E-state index in [1.165, 1.54) is 17.1 Å². The van der Waals surface area contributed by atoms with E-state index in [4.69, 9.17) is 10.5 Å². The molecule has 0 bridgehead atoms. The summed E-state index contributed by atoms with van der Waals surface area (Å²) in [5.74, 6) is -2.57. The minimum Gasteiger partial charge on any atom is -0.543 e. The fourth-order valence-electron chi connectivity index (χ4n) is 3.56. The fourth-order valence-corrected chi connectivity index (χ4v) is 5.42. The van der Waals surface area contributed by atoms with Crippen LogP contribution >= 0.6 is 23.1 Å². The van der Waals surface area contributed by atoms with Crippen LogP contribution in [0.5, 0.6) is 0 Å². The zero-order valence-electron chi connectivity index (χ0n) is 17.0. The standard InChI is InChI=1S/C18H19N5O6S2.Na/c19-18-20-10(7-31-18)11(22-28)14(24)21-12-15(25)23-13(17(26)27)8(6-30-16(12)23)3-4-9-2-1-5-29-9;/h3-4,7,9,12,16,28H,1-2,5-6H2,(H2,19,20)(H,21,24)(H,26,27);/q;+1/p-1/b4-3+,22-11-;/t9?,12-,16+;/m1./s1. The second-order valence-corrected chi connectivity index (χ2v) is 8.95. The molecule has 2 fully saturated rings. The molecule has 164 valence electrons. The van der Waals surface area contributed by atoms with Gasteiger partial charge < -0.3 is 30.9 Å². The van der Waals surface area contributed by atoms with Crippen molar-refractivity contribution in [2.45, 2.75) is 30.4 Å². The first-order valence-corrected chi connectivity index (χ1v) is 11.3. The molecular weight excluding hydrogens is 469 g/mol. The van der Waals surface area contributed by atoms with E-state index < -0.39 is 34.9 Å². The maximum absolute atomic E-state index is 12.7. The fraction of sp³-hybridized carbons (Fsp3) is 0.389. The Balaban J connectivity index is 0.00000289. The van der Waals surface area contributed by atoms with Crippen molar-refractivity contribution >= 4 is 51.7 Å². The van der Waals surface area contributed by atoms with Crippen molar-refractivity contribution in [1.29, 1.82) is 0 Å². The molecule has 1 aromatic rings. The van der Waals surface area contributed by atoms with Crippen molar-refractivity contribution in [2.24, 2.45) is 5.16 Å². The second-order valence-electron chi connectivity index (χ2n) is 6.95. The quantitative estimate of drug-likeness (QED) is 0.119. The third-order valence-corrected chi connectivity index (χ3v) is 7.01. The van der Waals surface area contributed by atoms with E-state index in [9.17, 15) is 24.7 Å². The summed E-state index contributed by atoms with van der Waals surface area (Å²) in [4.78, 5) is 42.0. The predicted octanol–water partition coefficient (Wildman–Crippen LogP) is -3.95. The predicted molar refractivity (Wildman–Crippen MR) is 110 cm³/mol. The number of aliphatic carboxylic acids is 1. The van der Waals surface area contributed by atoms with Crippen molar-refractivity contribution in [3.8, 4) is 0 Å². The molecule has 0 aliphatic carbocycles. The number of rotatable bonds is 6. The van der Waals surface area contributed by atoms with Crippen molar-refractivity contribution in [2.75, 3.05) is 18.1 Å². The Labute approximate surface area is 213 Å². The Morgan fingerprint density at radius 1 is 1.47 bits per heavy atom. The number of amides is 2. The van der Waals surface area contributed by atoms with Crippen molar-refractivity contribution < 1.29 is 59.0 Å². The Morgan fingerprint density at radius 2 is 2.25 bits per heavy atom. The van der Waals surface area contributed by atoms with Crippen LogP contribution in [0, 0.1) is 0 Å². The van der Waals surface area contributed by atoms with Gasteiger partial charge in [0.25, 0.3) is 11.8 Å². The number of carboxylic acid groups (broad SMARTS) is 1. The molecule has 2 saturated heterocycles. The van der Waals surface area contributed by atoms with Crippen molar-refractivity contribution in [3.05, 3.63) is 34.5 Å². The van der Waals surface area contributed by atoms with Crippen molar-refractivity contribution in [3.63, 3.8) is 0 Å². The minimum atomic E-state index is -1.47. The van der Waals surface area contributed by atoms with Crippen LogP contribution < -0.4 is 45.7 Å². The zero-order valence-corrected chi connectivity index (χ0v) is 20.6. The Morgan fingerprint density at radius 3 is 2.84 bits per heavy atom. The smallest absolute Gasteiger partial charge is 0.543 e. The topological polar surface area (TPSA) is 170 Å².